The smallest absolute Gasteiger partial charge is 0.238 e. The molecule has 0 saturated carbocycles. The normalized spacial score (nSPS) is 17.9. The number of halogens is 1. The molecule has 0 radical (unpaired) electrons. The van der Waals surface area contributed by atoms with E-state index in [0.717, 1.165) is 18.7 Å². The fraction of sp³-hybridized carbons (Fsp3) is 0.294. The predicted octanol–water partition coefficient (Wildman–Crippen LogP) is 2.31. The van der Waals surface area contributed by atoms with Crippen LogP contribution in [0.4, 0.5) is 10.1 Å². The van der Waals surface area contributed by atoms with Gasteiger partial charge in [0, 0.05) is 24.8 Å². The number of pyridine rings is 1. The van der Waals surface area contributed by atoms with E-state index in [4.69, 9.17) is 4.74 Å². The summed E-state index contributed by atoms with van der Waals surface area (Å²) in [5.74, 6) is -0.328. The third-order valence-corrected chi connectivity index (χ3v) is 3.63. The lowest BCUT2D eigenvalue weighted by atomic mass is 10.3. The summed E-state index contributed by atoms with van der Waals surface area (Å²) in [4.78, 5) is 17.7. The van der Waals surface area contributed by atoms with Gasteiger partial charge in [0.05, 0.1) is 6.54 Å². The molecule has 1 saturated heterocycles. The maximum absolute atomic E-state index is 13.0. The SMILES string of the molecule is O=C(CN1CCC(Oc2cccc(F)n2)C1)Nc1ccccc1. The van der Waals surface area contributed by atoms with Gasteiger partial charge in [-0.05, 0) is 24.6 Å². The highest BCUT2D eigenvalue weighted by Gasteiger charge is 2.25. The molecule has 2 aromatic rings. The number of para-hydroxylation sites is 1. The van der Waals surface area contributed by atoms with Crippen LogP contribution in [0.5, 0.6) is 5.88 Å². The molecule has 120 valence electrons. The standard InChI is InChI=1S/C17H18FN3O2/c18-15-7-4-8-17(20-15)23-14-9-10-21(11-14)12-16(22)19-13-5-2-1-3-6-13/h1-8,14H,9-12H2,(H,19,22). The van der Waals surface area contributed by atoms with Crippen LogP contribution in [0.1, 0.15) is 6.42 Å². The molecule has 5 nitrogen and oxygen atoms in total. The number of ether oxygens (including phenoxy) is 1. The summed E-state index contributed by atoms with van der Waals surface area (Å²) >= 11 is 0. The van der Waals surface area contributed by atoms with Crippen LogP contribution in [-0.2, 0) is 4.79 Å². The molecular weight excluding hydrogens is 297 g/mol. The van der Waals surface area contributed by atoms with Crippen molar-refractivity contribution >= 4 is 11.6 Å². The summed E-state index contributed by atoms with van der Waals surface area (Å²) in [6.45, 7) is 1.70. The van der Waals surface area contributed by atoms with Crippen LogP contribution in [0.3, 0.4) is 0 Å². The van der Waals surface area contributed by atoms with E-state index in [9.17, 15) is 9.18 Å². The maximum Gasteiger partial charge on any atom is 0.238 e. The lowest BCUT2D eigenvalue weighted by Gasteiger charge is -2.16. The second kappa shape index (κ2) is 7.19. The van der Waals surface area contributed by atoms with Crippen LogP contribution in [0, 0.1) is 5.95 Å². The number of carbonyl (C=O) groups excluding carboxylic acids is 1. The van der Waals surface area contributed by atoms with E-state index in [2.05, 4.69) is 10.3 Å². The van der Waals surface area contributed by atoms with Crippen LogP contribution >= 0.6 is 0 Å². The molecule has 3 rings (SSSR count). The Morgan fingerprint density at radius 3 is 2.87 bits per heavy atom. The lowest BCUT2D eigenvalue weighted by Crippen LogP contribution is -2.33. The first-order chi connectivity index (χ1) is 11.2. The van der Waals surface area contributed by atoms with Crippen LogP contribution in [0.2, 0.25) is 0 Å². The second-order valence-electron chi connectivity index (χ2n) is 5.48. The quantitative estimate of drug-likeness (QED) is 0.860. The second-order valence-corrected chi connectivity index (χ2v) is 5.48. The van der Waals surface area contributed by atoms with Crippen LogP contribution in [0.25, 0.3) is 0 Å². The summed E-state index contributed by atoms with van der Waals surface area (Å²) in [5, 5.41) is 2.86. The Hall–Kier alpha value is -2.47. The van der Waals surface area contributed by atoms with Gasteiger partial charge in [-0.2, -0.15) is 9.37 Å². The van der Waals surface area contributed by atoms with Gasteiger partial charge < -0.3 is 10.1 Å². The van der Waals surface area contributed by atoms with Gasteiger partial charge in [0.2, 0.25) is 17.7 Å². The maximum atomic E-state index is 13.0. The molecule has 1 aliphatic rings. The van der Waals surface area contributed by atoms with Crippen molar-refractivity contribution in [3.05, 3.63) is 54.5 Å². The number of benzene rings is 1. The number of carbonyl (C=O) groups is 1. The van der Waals surface area contributed by atoms with Gasteiger partial charge in [0.15, 0.2) is 0 Å². The van der Waals surface area contributed by atoms with Gasteiger partial charge in [-0.25, -0.2) is 0 Å². The zero-order chi connectivity index (χ0) is 16.1. The molecule has 1 amide bonds. The van der Waals surface area contributed by atoms with Crippen LogP contribution < -0.4 is 10.1 Å². The Kier molecular flexibility index (Phi) is 4.83. The number of anilines is 1. The highest BCUT2D eigenvalue weighted by molar-refractivity contribution is 5.92. The molecule has 0 bridgehead atoms. The summed E-state index contributed by atoms with van der Waals surface area (Å²) in [6, 6.07) is 13.8. The number of likely N-dealkylation sites (tertiary alicyclic amines) is 1. The molecule has 0 spiro atoms. The van der Waals surface area contributed by atoms with Gasteiger partial charge in [-0.1, -0.05) is 24.3 Å². The largest absolute Gasteiger partial charge is 0.473 e. The summed E-state index contributed by atoms with van der Waals surface area (Å²) in [7, 11) is 0. The first kappa shape index (κ1) is 15.4. The van der Waals surface area contributed by atoms with Crippen LogP contribution in [0.15, 0.2) is 48.5 Å². The highest BCUT2D eigenvalue weighted by atomic mass is 19.1. The zero-order valence-electron chi connectivity index (χ0n) is 12.6. The van der Waals surface area contributed by atoms with Crippen molar-refractivity contribution in [2.45, 2.75) is 12.5 Å². The Labute approximate surface area is 134 Å². The van der Waals surface area contributed by atoms with Gasteiger partial charge in [-0.15, -0.1) is 0 Å². The molecule has 1 unspecified atom stereocenters. The lowest BCUT2D eigenvalue weighted by molar-refractivity contribution is -0.117. The third kappa shape index (κ3) is 4.50. The summed E-state index contributed by atoms with van der Waals surface area (Å²) in [5.41, 5.74) is 0.786. The van der Waals surface area contributed by atoms with Crippen molar-refractivity contribution in [1.29, 1.82) is 0 Å². The first-order valence-electron chi connectivity index (χ1n) is 7.55. The fourth-order valence-corrected chi connectivity index (χ4v) is 2.59. The molecular formula is C17H18FN3O2. The predicted molar refractivity (Wildman–Crippen MR) is 84.7 cm³/mol. The summed E-state index contributed by atoms with van der Waals surface area (Å²) < 4.78 is 18.7. The highest BCUT2D eigenvalue weighted by Crippen LogP contribution is 2.16. The Bertz CT molecular complexity index is 666. The first-order valence-corrected chi connectivity index (χ1v) is 7.55. The van der Waals surface area contributed by atoms with Crippen molar-refractivity contribution < 1.29 is 13.9 Å². The Balaban J connectivity index is 1.47. The van der Waals surface area contributed by atoms with E-state index in [1.807, 2.05) is 35.2 Å². The van der Waals surface area contributed by atoms with E-state index in [0.29, 0.717) is 13.1 Å². The number of aromatic nitrogens is 1. The average molecular weight is 315 g/mol. The topological polar surface area (TPSA) is 54.5 Å². The van der Waals surface area contributed by atoms with Crippen molar-refractivity contribution in [2.75, 3.05) is 25.0 Å². The molecule has 23 heavy (non-hydrogen) atoms. The van der Waals surface area contributed by atoms with Crippen molar-refractivity contribution in [1.82, 2.24) is 9.88 Å². The zero-order valence-corrected chi connectivity index (χ0v) is 12.6. The molecule has 1 aromatic carbocycles. The number of nitrogens with zero attached hydrogens (tertiary/aromatic N) is 2. The minimum atomic E-state index is -0.556. The average Bonchev–Trinajstić information content (AvgIpc) is 2.95. The monoisotopic (exact) mass is 315 g/mol. The molecule has 1 fully saturated rings. The van der Waals surface area contributed by atoms with Gasteiger partial charge in [0.1, 0.15) is 6.10 Å². The molecule has 1 atom stereocenters. The van der Waals surface area contributed by atoms with Crippen LogP contribution in [-0.4, -0.2) is 41.5 Å². The molecule has 2 heterocycles. The number of hydrogen-bond acceptors (Lipinski definition) is 4. The fourth-order valence-electron chi connectivity index (χ4n) is 2.59. The van der Waals surface area contributed by atoms with Gasteiger partial charge in [0.25, 0.3) is 0 Å². The molecule has 6 heteroatoms. The Morgan fingerprint density at radius 1 is 1.26 bits per heavy atom. The molecule has 1 aliphatic heterocycles. The minimum Gasteiger partial charge on any atom is -0.473 e. The summed E-state index contributed by atoms with van der Waals surface area (Å²) in [6.07, 6.45) is 0.713. The number of hydrogen-bond donors (Lipinski definition) is 1. The number of nitrogens with one attached hydrogen (secondary N) is 1. The van der Waals surface area contributed by atoms with E-state index < -0.39 is 5.95 Å². The molecule has 1 N–H and O–H groups in total. The van der Waals surface area contributed by atoms with Gasteiger partial charge >= 0.3 is 0 Å². The number of amides is 1. The number of rotatable bonds is 5. The minimum absolute atomic E-state index is 0.0549. The van der Waals surface area contributed by atoms with E-state index in [1.165, 1.54) is 6.07 Å². The van der Waals surface area contributed by atoms with E-state index >= 15 is 0 Å². The van der Waals surface area contributed by atoms with Crippen molar-refractivity contribution in [3.63, 3.8) is 0 Å². The Morgan fingerprint density at radius 2 is 2.09 bits per heavy atom. The molecule has 0 aliphatic carbocycles. The van der Waals surface area contributed by atoms with Crippen molar-refractivity contribution in [3.8, 4) is 5.88 Å². The van der Waals surface area contributed by atoms with Crippen molar-refractivity contribution in [2.24, 2.45) is 0 Å². The van der Waals surface area contributed by atoms with E-state index in [-0.39, 0.29) is 17.9 Å². The third-order valence-electron chi connectivity index (χ3n) is 3.63. The van der Waals surface area contributed by atoms with Gasteiger partial charge in [-0.3, -0.25) is 9.69 Å². The molecule has 1 aromatic heterocycles. The van der Waals surface area contributed by atoms with E-state index in [1.54, 1.807) is 12.1 Å².